The number of aryl methyl sites for hydroxylation is 1. The highest BCUT2D eigenvalue weighted by atomic mass is 16.1. The summed E-state index contributed by atoms with van der Waals surface area (Å²) < 4.78 is 1.48. The Labute approximate surface area is 151 Å². The van der Waals surface area contributed by atoms with Crippen LogP contribution in [0, 0.1) is 0 Å². The van der Waals surface area contributed by atoms with Crippen LogP contribution in [0.3, 0.4) is 0 Å². The standard InChI is InChI=1S/C19H22N6O/c26-19-16-6-1-2-7-17(16)21-22-25(19)11-5-10-23-12-14-24(15-13-23)18-8-3-4-9-20-18/h1-4,6-9H,5,10-15H2. The van der Waals surface area contributed by atoms with Gasteiger partial charge in [0.05, 0.1) is 5.39 Å². The molecule has 3 heterocycles. The molecular formula is C19H22N6O. The third-order valence-corrected chi connectivity index (χ3v) is 4.82. The molecule has 3 aromatic rings. The molecule has 0 unspecified atom stereocenters. The number of aromatic nitrogens is 4. The summed E-state index contributed by atoms with van der Waals surface area (Å²) in [5.41, 5.74) is 0.593. The van der Waals surface area contributed by atoms with Crippen LogP contribution < -0.4 is 10.5 Å². The number of anilines is 1. The predicted molar refractivity (Wildman–Crippen MR) is 101 cm³/mol. The van der Waals surface area contributed by atoms with Crippen LogP contribution in [0.15, 0.2) is 53.5 Å². The zero-order valence-electron chi connectivity index (χ0n) is 14.7. The molecule has 7 nitrogen and oxygen atoms in total. The smallest absolute Gasteiger partial charge is 0.277 e. The van der Waals surface area contributed by atoms with Crippen molar-refractivity contribution in [3.8, 4) is 0 Å². The summed E-state index contributed by atoms with van der Waals surface area (Å²) in [6.45, 7) is 5.53. The number of piperazine rings is 1. The second kappa shape index (κ2) is 7.61. The summed E-state index contributed by atoms with van der Waals surface area (Å²) in [5, 5.41) is 8.83. The third-order valence-electron chi connectivity index (χ3n) is 4.82. The second-order valence-corrected chi connectivity index (χ2v) is 6.51. The SMILES string of the molecule is O=c1c2ccccc2nnn1CCCN1CCN(c2ccccn2)CC1. The van der Waals surface area contributed by atoms with Gasteiger partial charge in [0, 0.05) is 45.5 Å². The van der Waals surface area contributed by atoms with Crippen molar-refractivity contribution in [2.45, 2.75) is 13.0 Å². The molecule has 0 atom stereocenters. The van der Waals surface area contributed by atoms with E-state index in [0.717, 1.165) is 45.0 Å². The quantitative estimate of drug-likeness (QED) is 0.693. The number of hydrogen-bond acceptors (Lipinski definition) is 6. The van der Waals surface area contributed by atoms with Gasteiger partial charge < -0.3 is 4.90 Å². The van der Waals surface area contributed by atoms with E-state index in [0.29, 0.717) is 17.4 Å². The lowest BCUT2D eigenvalue weighted by atomic mass is 10.2. The summed E-state index contributed by atoms with van der Waals surface area (Å²) in [7, 11) is 0. The molecular weight excluding hydrogens is 328 g/mol. The van der Waals surface area contributed by atoms with Crippen LogP contribution in [0.5, 0.6) is 0 Å². The Morgan fingerprint density at radius 3 is 2.54 bits per heavy atom. The maximum atomic E-state index is 12.4. The van der Waals surface area contributed by atoms with E-state index in [9.17, 15) is 4.79 Å². The summed E-state index contributed by atoms with van der Waals surface area (Å²) in [6.07, 6.45) is 2.72. The second-order valence-electron chi connectivity index (χ2n) is 6.51. The van der Waals surface area contributed by atoms with E-state index in [1.54, 1.807) is 6.07 Å². The Morgan fingerprint density at radius 1 is 0.923 bits per heavy atom. The molecule has 0 amide bonds. The largest absolute Gasteiger partial charge is 0.354 e. The zero-order chi connectivity index (χ0) is 17.8. The van der Waals surface area contributed by atoms with Gasteiger partial charge in [-0.2, -0.15) is 0 Å². The van der Waals surface area contributed by atoms with E-state index >= 15 is 0 Å². The average Bonchev–Trinajstić information content (AvgIpc) is 2.71. The van der Waals surface area contributed by atoms with Crippen molar-refractivity contribution in [1.82, 2.24) is 24.9 Å². The van der Waals surface area contributed by atoms with Crippen LogP contribution in [0.25, 0.3) is 10.9 Å². The van der Waals surface area contributed by atoms with Crippen LogP contribution in [0.2, 0.25) is 0 Å². The van der Waals surface area contributed by atoms with Gasteiger partial charge in [0.15, 0.2) is 0 Å². The highest BCUT2D eigenvalue weighted by Gasteiger charge is 2.17. The van der Waals surface area contributed by atoms with Crippen molar-refractivity contribution < 1.29 is 0 Å². The molecule has 134 valence electrons. The Bertz CT molecular complexity index is 918. The van der Waals surface area contributed by atoms with Gasteiger partial charge in [-0.15, -0.1) is 5.10 Å². The van der Waals surface area contributed by atoms with Crippen molar-refractivity contribution in [3.05, 3.63) is 59.0 Å². The van der Waals surface area contributed by atoms with Gasteiger partial charge in [-0.3, -0.25) is 9.69 Å². The first-order valence-electron chi connectivity index (χ1n) is 9.02. The summed E-state index contributed by atoms with van der Waals surface area (Å²) in [6, 6.07) is 13.4. The first kappa shape index (κ1) is 16.7. The van der Waals surface area contributed by atoms with Gasteiger partial charge in [0.2, 0.25) is 0 Å². The molecule has 7 heteroatoms. The molecule has 26 heavy (non-hydrogen) atoms. The minimum Gasteiger partial charge on any atom is -0.354 e. The minimum absolute atomic E-state index is 0.0597. The number of benzene rings is 1. The molecule has 0 spiro atoms. The molecule has 0 aliphatic carbocycles. The van der Waals surface area contributed by atoms with Crippen molar-refractivity contribution in [2.75, 3.05) is 37.6 Å². The van der Waals surface area contributed by atoms with Gasteiger partial charge in [0.1, 0.15) is 11.3 Å². The Hall–Kier alpha value is -2.80. The summed E-state index contributed by atoms with van der Waals surface area (Å²) >= 11 is 0. The van der Waals surface area contributed by atoms with E-state index in [2.05, 4.69) is 31.2 Å². The number of rotatable bonds is 5. The topological polar surface area (TPSA) is 67.2 Å². The molecule has 0 radical (unpaired) electrons. The van der Waals surface area contributed by atoms with Gasteiger partial charge in [-0.25, -0.2) is 9.67 Å². The van der Waals surface area contributed by atoms with Crippen molar-refractivity contribution in [1.29, 1.82) is 0 Å². The molecule has 1 saturated heterocycles. The molecule has 1 aromatic carbocycles. The van der Waals surface area contributed by atoms with Crippen LogP contribution in [0.1, 0.15) is 6.42 Å². The molecule has 1 fully saturated rings. The zero-order valence-corrected chi connectivity index (χ0v) is 14.7. The average molecular weight is 350 g/mol. The van der Waals surface area contributed by atoms with Crippen molar-refractivity contribution in [2.24, 2.45) is 0 Å². The lowest BCUT2D eigenvalue weighted by molar-refractivity contribution is 0.247. The molecule has 1 aliphatic heterocycles. The third kappa shape index (κ3) is 3.57. The van der Waals surface area contributed by atoms with E-state index in [4.69, 9.17) is 0 Å². The maximum Gasteiger partial charge on any atom is 0.277 e. The fraction of sp³-hybridized carbons (Fsp3) is 0.368. The number of fused-ring (bicyclic) bond motifs is 1. The fourth-order valence-electron chi connectivity index (χ4n) is 3.36. The molecule has 0 bridgehead atoms. The highest BCUT2D eigenvalue weighted by molar-refractivity contribution is 5.76. The maximum absolute atomic E-state index is 12.4. The minimum atomic E-state index is -0.0597. The summed E-state index contributed by atoms with van der Waals surface area (Å²) in [5.74, 6) is 1.05. The van der Waals surface area contributed by atoms with E-state index in [1.807, 2.05) is 36.5 Å². The number of pyridine rings is 1. The van der Waals surface area contributed by atoms with E-state index < -0.39 is 0 Å². The van der Waals surface area contributed by atoms with Crippen LogP contribution in [-0.2, 0) is 6.54 Å². The van der Waals surface area contributed by atoms with Gasteiger partial charge in [-0.1, -0.05) is 23.4 Å². The van der Waals surface area contributed by atoms with Gasteiger partial charge >= 0.3 is 0 Å². The van der Waals surface area contributed by atoms with Crippen molar-refractivity contribution >= 4 is 16.7 Å². The Morgan fingerprint density at radius 2 is 1.73 bits per heavy atom. The number of hydrogen-bond donors (Lipinski definition) is 0. The lowest BCUT2D eigenvalue weighted by Gasteiger charge is -2.35. The van der Waals surface area contributed by atoms with Crippen molar-refractivity contribution in [3.63, 3.8) is 0 Å². The van der Waals surface area contributed by atoms with E-state index in [1.165, 1.54) is 4.68 Å². The number of nitrogens with zero attached hydrogens (tertiary/aromatic N) is 6. The van der Waals surface area contributed by atoms with Crippen LogP contribution in [-0.4, -0.2) is 57.6 Å². The fourth-order valence-corrected chi connectivity index (χ4v) is 3.36. The Kier molecular flexibility index (Phi) is 4.88. The highest BCUT2D eigenvalue weighted by Crippen LogP contribution is 2.12. The normalized spacial score (nSPS) is 15.5. The first-order chi connectivity index (χ1) is 12.8. The first-order valence-corrected chi connectivity index (χ1v) is 9.02. The van der Waals surface area contributed by atoms with Gasteiger partial charge in [0.25, 0.3) is 5.56 Å². The molecule has 0 saturated carbocycles. The predicted octanol–water partition coefficient (Wildman–Crippen LogP) is 1.40. The Balaban J connectivity index is 1.29. The van der Waals surface area contributed by atoms with Gasteiger partial charge in [-0.05, 0) is 30.7 Å². The summed E-state index contributed by atoms with van der Waals surface area (Å²) in [4.78, 5) is 21.6. The lowest BCUT2D eigenvalue weighted by Crippen LogP contribution is -2.47. The van der Waals surface area contributed by atoms with Crippen LogP contribution >= 0.6 is 0 Å². The molecule has 0 N–H and O–H groups in total. The molecule has 2 aromatic heterocycles. The molecule has 1 aliphatic rings. The van der Waals surface area contributed by atoms with Crippen LogP contribution in [0.4, 0.5) is 5.82 Å². The monoisotopic (exact) mass is 350 g/mol. The molecule has 4 rings (SSSR count). The van der Waals surface area contributed by atoms with E-state index in [-0.39, 0.29) is 5.56 Å².